The maximum absolute atomic E-state index is 11.1. The Bertz CT molecular complexity index is 735. The van der Waals surface area contributed by atoms with Gasteiger partial charge in [-0.3, -0.25) is 4.79 Å². The summed E-state index contributed by atoms with van der Waals surface area (Å²) in [5.74, 6) is -0.366. The van der Waals surface area contributed by atoms with Crippen LogP contribution in [-0.4, -0.2) is 21.6 Å². The van der Waals surface area contributed by atoms with Crippen LogP contribution < -0.4 is 0 Å². The maximum Gasteiger partial charge on any atom is 0.154 e. The van der Waals surface area contributed by atoms with E-state index in [1.807, 2.05) is 13.0 Å². The summed E-state index contributed by atoms with van der Waals surface area (Å²) in [6, 6.07) is 1.33. The highest BCUT2D eigenvalue weighted by atomic mass is 16.3. The van der Waals surface area contributed by atoms with Crippen molar-refractivity contribution in [3.05, 3.63) is 57.7 Å². The fourth-order valence-corrected chi connectivity index (χ4v) is 2.84. The minimum Gasteiger partial charge on any atom is -0.508 e. The second-order valence-corrected chi connectivity index (χ2v) is 7.24. The Morgan fingerprint density at radius 1 is 0.963 bits per heavy atom. The molecule has 0 unspecified atom stereocenters. The summed E-state index contributed by atoms with van der Waals surface area (Å²) in [5, 5.41) is 29.5. The lowest BCUT2D eigenvalue weighted by Gasteiger charge is -2.11. The Labute approximate surface area is 162 Å². The van der Waals surface area contributed by atoms with Crippen LogP contribution >= 0.6 is 0 Å². The number of hydrogen-bond donors (Lipinski definition) is 3. The van der Waals surface area contributed by atoms with Crippen LogP contribution in [0.15, 0.2) is 41.0 Å². The smallest absolute Gasteiger partial charge is 0.154 e. The molecule has 0 fully saturated rings. The summed E-state index contributed by atoms with van der Waals surface area (Å²) >= 11 is 0. The van der Waals surface area contributed by atoms with Crippen LogP contribution in [0, 0.1) is 0 Å². The molecule has 0 bridgehead atoms. The van der Waals surface area contributed by atoms with Gasteiger partial charge in [-0.25, -0.2) is 0 Å². The van der Waals surface area contributed by atoms with Crippen LogP contribution in [0.2, 0.25) is 0 Å². The molecular formula is C23H32O4. The van der Waals surface area contributed by atoms with Gasteiger partial charge in [0.2, 0.25) is 0 Å². The van der Waals surface area contributed by atoms with E-state index < -0.39 is 6.61 Å². The first-order valence-corrected chi connectivity index (χ1v) is 9.37. The lowest BCUT2D eigenvalue weighted by atomic mass is 9.98. The van der Waals surface area contributed by atoms with Gasteiger partial charge in [0.1, 0.15) is 11.5 Å². The predicted octanol–water partition coefficient (Wildman–Crippen LogP) is 5.36. The Hall–Kier alpha value is -2.33. The van der Waals surface area contributed by atoms with E-state index in [9.17, 15) is 20.1 Å². The van der Waals surface area contributed by atoms with Crippen molar-refractivity contribution in [3.8, 4) is 11.5 Å². The first-order chi connectivity index (χ1) is 12.8. The molecule has 0 aromatic heterocycles. The lowest BCUT2D eigenvalue weighted by molar-refractivity contribution is 0.111. The van der Waals surface area contributed by atoms with Crippen molar-refractivity contribution in [1.29, 1.82) is 0 Å². The van der Waals surface area contributed by atoms with Crippen LogP contribution in [0.25, 0.3) is 0 Å². The molecule has 0 amide bonds. The highest BCUT2D eigenvalue weighted by Gasteiger charge is 2.15. The quantitative estimate of drug-likeness (QED) is 0.381. The second-order valence-electron chi connectivity index (χ2n) is 7.24. The molecule has 0 saturated carbocycles. The van der Waals surface area contributed by atoms with E-state index in [1.54, 1.807) is 0 Å². The summed E-state index contributed by atoms with van der Waals surface area (Å²) in [6.45, 7) is 7.97. The van der Waals surface area contributed by atoms with Crippen molar-refractivity contribution >= 4 is 6.29 Å². The standard InChI is InChI=1S/C23H32O4/c1-16(2)7-5-8-17(3)9-6-10-18(4)11-12-20-22(26)13-19(14-24)21(15-25)23(20)27/h7,9,11,13,15,24,26-27H,5-6,8,10,12,14H2,1-4H3/b17-9+,18-11+. The average molecular weight is 373 g/mol. The number of aliphatic hydroxyl groups excluding tert-OH is 1. The molecular weight excluding hydrogens is 340 g/mol. The fraction of sp³-hybridized carbons (Fsp3) is 0.435. The van der Waals surface area contributed by atoms with Crippen LogP contribution in [0.1, 0.15) is 74.9 Å². The molecule has 1 aromatic rings. The molecule has 0 aliphatic carbocycles. The zero-order valence-electron chi connectivity index (χ0n) is 16.9. The predicted molar refractivity (Wildman–Crippen MR) is 110 cm³/mol. The summed E-state index contributed by atoms with van der Waals surface area (Å²) in [4.78, 5) is 11.1. The van der Waals surface area contributed by atoms with Crippen molar-refractivity contribution in [2.24, 2.45) is 0 Å². The van der Waals surface area contributed by atoms with Gasteiger partial charge < -0.3 is 15.3 Å². The minimum absolute atomic E-state index is 0.0336. The Balaban J connectivity index is 2.70. The second kappa shape index (κ2) is 11.4. The Kier molecular flexibility index (Phi) is 9.59. The zero-order chi connectivity index (χ0) is 20.4. The van der Waals surface area contributed by atoms with Gasteiger partial charge in [0.05, 0.1) is 12.2 Å². The first kappa shape index (κ1) is 22.7. The number of carbonyl (C=O) groups is 1. The number of phenols is 2. The SMILES string of the molecule is CC(C)=CCC/C(C)=C/CC/C(C)=C/Cc1c(O)cc(CO)c(C=O)c1O. The van der Waals surface area contributed by atoms with Crippen LogP contribution in [-0.2, 0) is 13.0 Å². The summed E-state index contributed by atoms with van der Waals surface area (Å²) in [7, 11) is 0. The van der Waals surface area contributed by atoms with E-state index in [4.69, 9.17) is 0 Å². The number of benzene rings is 1. The van der Waals surface area contributed by atoms with Gasteiger partial charge in [0.15, 0.2) is 6.29 Å². The highest BCUT2D eigenvalue weighted by molar-refractivity contribution is 5.83. The average Bonchev–Trinajstić information content (AvgIpc) is 2.60. The first-order valence-electron chi connectivity index (χ1n) is 9.37. The van der Waals surface area contributed by atoms with Crippen molar-refractivity contribution in [2.75, 3.05) is 0 Å². The Morgan fingerprint density at radius 2 is 1.56 bits per heavy atom. The van der Waals surface area contributed by atoms with Gasteiger partial charge in [-0.05, 0) is 71.4 Å². The van der Waals surface area contributed by atoms with E-state index in [0.29, 0.717) is 18.3 Å². The molecule has 27 heavy (non-hydrogen) atoms. The number of carbonyl (C=O) groups excluding carboxylic acids is 1. The molecule has 1 rings (SSSR count). The minimum atomic E-state index is -0.413. The third-order valence-corrected chi connectivity index (χ3v) is 4.57. The normalized spacial score (nSPS) is 12.2. The molecule has 0 atom stereocenters. The van der Waals surface area contributed by atoms with Crippen molar-refractivity contribution in [1.82, 2.24) is 0 Å². The molecule has 3 N–H and O–H groups in total. The topological polar surface area (TPSA) is 77.8 Å². The third-order valence-electron chi connectivity index (χ3n) is 4.57. The van der Waals surface area contributed by atoms with Crippen LogP contribution in [0.5, 0.6) is 11.5 Å². The molecule has 148 valence electrons. The molecule has 1 aromatic carbocycles. The monoisotopic (exact) mass is 372 g/mol. The number of rotatable bonds is 10. The number of aliphatic hydroxyl groups is 1. The summed E-state index contributed by atoms with van der Waals surface area (Å²) < 4.78 is 0. The fourth-order valence-electron chi connectivity index (χ4n) is 2.84. The van der Waals surface area contributed by atoms with Gasteiger partial charge in [-0.15, -0.1) is 0 Å². The molecule has 0 spiro atoms. The van der Waals surface area contributed by atoms with Crippen molar-refractivity contribution in [3.63, 3.8) is 0 Å². The van der Waals surface area contributed by atoms with Gasteiger partial charge in [-0.1, -0.05) is 34.9 Å². The van der Waals surface area contributed by atoms with E-state index in [-0.39, 0.29) is 22.6 Å². The third kappa shape index (κ3) is 7.43. The zero-order valence-corrected chi connectivity index (χ0v) is 16.9. The van der Waals surface area contributed by atoms with Crippen molar-refractivity contribution in [2.45, 2.75) is 66.4 Å². The van der Waals surface area contributed by atoms with Crippen molar-refractivity contribution < 1.29 is 20.1 Å². The van der Waals surface area contributed by atoms with Gasteiger partial charge in [-0.2, -0.15) is 0 Å². The molecule has 0 aliphatic heterocycles. The molecule has 4 nitrogen and oxygen atoms in total. The summed E-state index contributed by atoms with van der Waals surface area (Å²) in [6.07, 6.45) is 11.3. The summed E-state index contributed by atoms with van der Waals surface area (Å²) in [5.41, 5.74) is 4.44. The number of phenolic OH excluding ortho intramolecular Hbond substituents is 2. The van der Waals surface area contributed by atoms with E-state index >= 15 is 0 Å². The van der Waals surface area contributed by atoms with Gasteiger partial charge >= 0.3 is 0 Å². The van der Waals surface area contributed by atoms with Gasteiger partial charge in [0, 0.05) is 5.56 Å². The lowest BCUT2D eigenvalue weighted by Crippen LogP contribution is -1.97. The largest absolute Gasteiger partial charge is 0.508 e. The molecule has 0 aliphatic rings. The maximum atomic E-state index is 11.1. The molecule has 0 heterocycles. The van der Waals surface area contributed by atoms with Gasteiger partial charge in [0.25, 0.3) is 0 Å². The molecule has 4 heteroatoms. The number of aromatic hydroxyl groups is 2. The molecule has 0 saturated heterocycles. The van der Waals surface area contributed by atoms with E-state index in [2.05, 4.69) is 32.9 Å². The number of allylic oxidation sites excluding steroid dienone is 6. The number of hydrogen-bond acceptors (Lipinski definition) is 4. The molecule has 0 radical (unpaired) electrons. The van der Waals surface area contributed by atoms with E-state index in [1.165, 1.54) is 17.2 Å². The number of aldehydes is 1. The van der Waals surface area contributed by atoms with E-state index in [0.717, 1.165) is 31.3 Å². The van der Waals surface area contributed by atoms with Crippen LogP contribution in [0.3, 0.4) is 0 Å². The van der Waals surface area contributed by atoms with Crippen LogP contribution in [0.4, 0.5) is 0 Å². The highest BCUT2D eigenvalue weighted by Crippen LogP contribution is 2.33. The Morgan fingerprint density at radius 3 is 2.11 bits per heavy atom.